The molecular formula is C12H9F3N2OS2. The molecule has 0 amide bonds. The van der Waals surface area contributed by atoms with E-state index in [4.69, 9.17) is 12.2 Å². The van der Waals surface area contributed by atoms with Gasteiger partial charge in [0, 0.05) is 11.8 Å². The number of alkyl halides is 3. The molecule has 8 heteroatoms. The summed E-state index contributed by atoms with van der Waals surface area (Å²) in [6, 6.07) is 5.45. The van der Waals surface area contributed by atoms with Gasteiger partial charge in [-0.05, 0) is 31.2 Å². The minimum atomic E-state index is -4.70. The third kappa shape index (κ3) is 3.51. The van der Waals surface area contributed by atoms with Crippen molar-refractivity contribution in [1.29, 1.82) is 0 Å². The molecule has 0 aliphatic heterocycles. The molecule has 0 bridgehead atoms. The van der Waals surface area contributed by atoms with Gasteiger partial charge >= 0.3 is 6.36 Å². The molecule has 0 saturated carbocycles. The van der Waals surface area contributed by atoms with Gasteiger partial charge in [0.05, 0.1) is 5.69 Å². The van der Waals surface area contributed by atoms with Crippen LogP contribution in [-0.2, 0) is 0 Å². The number of aromatic nitrogens is 2. The van der Waals surface area contributed by atoms with Crippen LogP contribution >= 0.6 is 24.8 Å². The van der Waals surface area contributed by atoms with Gasteiger partial charge in [-0.1, -0.05) is 12.2 Å². The summed E-state index contributed by atoms with van der Waals surface area (Å²) in [5.41, 5.74) is 1.25. The molecule has 0 saturated heterocycles. The highest BCUT2D eigenvalue weighted by atomic mass is 32.1. The molecule has 1 aromatic carbocycles. The van der Waals surface area contributed by atoms with E-state index in [9.17, 15) is 13.2 Å². The summed E-state index contributed by atoms with van der Waals surface area (Å²) in [6.07, 6.45) is -3.03. The van der Waals surface area contributed by atoms with Gasteiger partial charge in [-0.25, -0.2) is 4.98 Å². The van der Waals surface area contributed by atoms with Crippen LogP contribution in [0.5, 0.6) is 5.75 Å². The zero-order chi connectivity index (χ0) is 14.9. The van der Waals surface area contributed by atoms with Crippen LogP contribution < -0.4 is 4.74 Å². The van der Waals surface area contributed by atoms with Crippen LogP contribution in [0.1, 0.15) is 5.82 Å². The average molecular weight is 318 g/mol. The SMILES string of the molecule is Cc1nc(-c2ccc(OC(F)(F)F)cc2)cn1C(=S)S. The van der Waals surface area contributed by atoms with Crippen molar-refractivity contribution < 1.29 is 17.9 Å². The summed E-state index contributed by atoms with van der Waals surface area (Å²) in [7, 11) is 0. The van der Waals surface area contributed by atoms with Gasteiger partial charge < -0.3 is 4.74 Å². The monoisotopic (exact) mass is 318 g/mol. The van der Waals surface area contributed by atoms with Gasteiger partial charge in [0.1, 0.15) is 15.9 Å². The van der Waals surface area contributed by atoms with E-state index in [-0.39, 0.29) is 5.75 Å². The van der Waals surface area contributed by atoms with E-state index in [1.165, 1.54) is 24.3 Å². The van der Waals surface area contributed by atoms with Gasteiger partial charge in [0.15, 0.2) is 0 Å². The molecule has 0 spiro atoms. The lowest BCUT2D eigenvalue weighted by Crippen LogP contribution is -2.16. The number of hydrogen-bond acceptors (Lipinski definition) is 3. The molecule has 0 atom stereocenters. The summed E-state index contributed by atoms with van der Waals surface area (Å²) in [6.45, 7) is 1.76. The molecule has 106 valence electrons. The van der Waals surface area contributed by atoms with Crippen molar-refractivity contribution in [3.05, 3.63) is 36.3 Å². The fourth-order valence-electron chi connectivity index (χ4n) is 1.63. The molecule has 0 N–H and O–H groups in total. The third-order valence-corrected chi connectivity index (χ3v) is 2.88. The first kappa shape index (κ1) is 14.9. The van der Waals surface area contributed by atoms with E-state index in [1.807, 2.05) is 0 Å². The Morgan fingerprint density at radius 1 is 1.30 bits per heavy atom. The lowest BCUT2D eigenvalue weighted by molar-refractivity contribution is -0.274. The van der Waals surface area contributed by atoms with Crippen LogP contribution in [0.4, 0.5) is 13.2 Å². The maximum atomic E-state index is 12.0. The molecular weight excluding hydrogens is 309 g/mol. The number of aryl methyl sites for hydroxylation is 1. The van der Waals surface area contributed by atoms with Gasteiger partial charge in [-0.15, -0.1) is 25.8 Å². The summed E-state index contributed by atoms with van der Waals surface area (Å²) >= 11 is 8.99. The molecule has 1 heterocycles. The van der Waals surface area contributed by atoms with Crippen LogP contribution in [0.15, 0.2) is 30.5 Å². The molecule has 0 aliphatic carbocycles. The topological polar surface area (TPSA) is 27.1 Å². The highest BCUT2D eigenvalue weighted by Crippen LogP contribution is 2.26. The molecule has 0 aliphatic rings. The quantitative estimate of drug-likeness (QED) is 0.674. The summed E-state index contributed by atoms with van der Waals surface area (Å²) in [5, 5.41) is 0. The first-order chi connectivity index (χ1) is 9.26. The van der Waals surface area contributed by atoms with Gasteiger partial charge in [-0.3, -0.25) is 4.57 Å². The van der Waals surface area contributed by atoms with Crippen molar-refractivity contribution in [2.75, 3.05) is 0 Å². The molecule has 2 rings (SSSR count). The van der Waals surface area contributed by atoms with Crippen molar-refractivity contribution in [2.24, 2.45) is 0 Å². The van der Waals surface area contributed by atoms with Crippen molar-refractivity contribution in [3.8, 4) is 17.0 Å². The molecule has 20 heavy (non-hydrogen) atoms. The zero-order valence-corrected chi connectivity index (χ0v) is 11.9. The van der Waals surface area contributed by atoms with Gasteiger partial charge in [0.2, 0.25) is 0 Å². The summed E-state index contributed by atoms with van der Waals surface area (Å²) in [4.78, 5) is 4.27. The van der Waals surface area contributed by atoms with Gasteiger partial charge in [0.25, 0.3) is 0 Å². The smallest absolute Gasteiger partial charge is 0.406 e. The second-order valence-electron chi connectivity index (χ2n) is 3.90. The number of nitrogens with zero attached hydrogens (tertiary/aromatic N) is 2. The molecule has 0 radical (unpaired) electrons. The largest absolute Gasteiger partial charge is 0.573 e. The summed E-state index contributed by atoms with van der Waals surface area (Å²) in [5.74, 6) is 0.373. The van der Waals surface area contributed by atoms with E-state index in [2.05, 4.69) is 22.3 Å². The van der Waals surface area contributed by atoms with E-state index in [0.29, 0.717) is 21.4 Å². The van der Waals surface area contributed by atoms with Crippen molar-refractivity contribution in [3.63, 3.8) is 0 Å². The number of hydrogen-bond donors (Lipinski definition) is 1. The Morgan fingerprint density at radius 3 is 2.35 bits per heavy atom. The number of thiol groups is 1. The number of halogens is 3. The molecule has 3 nitrogen and oxygen atoms in total. The summed E-state index contributed by atoms with van der Waals surface area (Å²) < 4.78 is 41.9. The Hall–Kier alpha value is -1.54. The fourth-order valence-corrected chi connectivity index (χ4v) is 2.02. The second kappa shape index (κ2) is 5.45. The van der Waals surface area contributed by atoms with Crippen molar-refractivity contribution in [1.82, 2.24) is 9.55 Å². The lowest BCUT2D eigenvalue weighted by Gasteiger charge is -2.08. The standard InChI is InChI=1S/C12H9F3N2OS2/c1-7-16-10(6-17(7)11(19)20)8-2-4-9(5-3-8)18-12(13,14)15/h2-6H,1H3,(H,19,20). The average Bonchev–Trinajstić information content (AvgIpc) is 2.70. The molecule has 0 fully saturated rings. The number of benzene rings is 1. The van der Waals surface area contributed by atoms with E-state index in [0.717, 1.165) is 0 Å². The number of rotatable bonds is 2. The molecule has 2 aromatic rings. The third-order valence-electron chi connectivity index (χ3n) is 2.47. The predicted molar refractivity (Wildman–Crippen MR) is 76.1 cm³/mol. The van der Waals surface area contributed by atoms with E-state index < -0.39 is 6.36 Å². The minimum absolute atomic E-state index is 0.276. The highest BCUT2D eigenvalue weighted by molar-refractivity contribution is 8.11. The first-order valence-electron chi connectivity index (χ1n) is 5.42. The van der Waals surface area contributed by atoms with E-state index >= 15 is 0 Å². The Morgan fingerprint density at radius 2 is 1.90 bits per heavy atom. The number of thiocarbonyl (C=S) groups is 1. The number of ether oxygens (including phenoxy) is 1. The second-order valence-corrected chi connectivity index (χ2v) is 5.01. The number of imidazole rings is 1. The Labute approximate surface area is 123 Å². The van der Waals surface area contributed by atoms with Crippen LogP contribution in [0.3, 0.4) is 0 Å². The maximum Gasteiger partial charge on any atom is 0.573 e. The van der Waals surface area contributed by atoms with Crippen LogP contribution in [0.25, 0.3) is 11.3 Å². The van der Waals surface area contributed by atoms with Crippen LogP contribution in [-0.4, -0.2) is 20.2 Å². The fraction of sp³-hybridized carbons (Fsp3) is 0.167. The Kier molecular flexibility index (Phi) is 4.05. The predicted octanol–water partition coefficient (Wildman–Crippen LogP) is 3.82. The zero-order valence-electron chi connectivity index (χ0n) is 10.2. The van der Waals surface area contributed by atoms with E-state index in [1.54, 1.807) is 17.7 Å². The molecule has 1 aromatic heterocycles. The Bertz CT molecular complexity index is 635. The molecule has 0 unspecified atom stereocenters. The first-order valence-corrected chi connectivity index (χ1v) is 6.27. The van der Waals surface area contributed by atoms with Crippen LogP contribution in [0.2, 0.25) is 0 Å². The van der Waals surface area contributed by atoms with Gasteiger partial charge in [-0.2, -0.15) is 0 Å². The normalized spacial score (nSPS) is 11.4. The lowest BCUT2D eigenvalue weighted by atomic mass is 10.2. The van der Waals surface area contributed by atoms with Crippen molar-refractivity contribution in [2.45, 2.75) is 13.3 Å². The highest BCUT2D eigenvalue weighted by Gasteiger charge is 2.30. The Balaban J connectivity index is 2.26. The minimum Gasteiger partial charge on any atom is -0.406 e. The van der Waals surface area contributed by atoms with Crippen molar-refractivity contribution >= 4 is 29.2 Å². The van der Waals surface area contributed by atoms with Crippen LogP contribution in [0, 0.1) is 6.92 Å². The maximum absolute atomic E-state index is 12.0.